The van der Waals surface area contributed by atoms with Gasteiger partial charge in [-0.25, -0.2) is 0 Å². The molecule has 1 aromatic heterocycles. The molecule has 2 aliphatic rings. The quantitative estimate of drug-likeness (QED) is 0.675. The second kappa shape index (κ2) is 7.22. The highest BCUT2D eigenvalue weighted by Crippen LogP contribution is 2.45. The number of thioether (sulfide) groups is 1. The van der Waals surface area contributed by atoms with E-state index in [4.69, 9.17) is 4.74 Å². The van der Waals surface area contributed by atoms with Gasteiger partial charge in [-0.2, -0.15) is 11.8 Å². The third-order valence-electron chi connectivity index (χ3n) is 4.69. The van der Waals surface area contributed by atoms with Crippen molar-refractivity contribution >= 4 is 55.0 Å². The SMILES string of the molecule is CNC(c1cc(Br)c(Br)s1)C1CCOC2(CCSCC2)C1. The van der Waals surface area contributed by atoms with E-state index in [2.05, 4.69) is 62.1 Å². The summed E-state index contributed by atoms with van der Waals surface area (Å²) in [6, 6.07) is 2.70. The highest BCUT2D eigenvalue weighted by molar-refractivity contribution is 9.13. The second-order valence-electron chi connectivity index (χ2n) is 5.93. The zero-order valence-electron chi connectivity index (χ0n) is 12.2. The third-order valence-corrected chi connectivity index (χ3v) is 9.01. The van der Waals surface area contributed by atoms with Gasteiger partial charge in [0.2, 0.25) is 0 Å². The summed E-state index contributed by atoms with van der Waals surface area (Å²) in [4.78, 5) is 1.42. The minimum Gasteiger partial charge on any atom is -0.375 e. The molecule has 2 atom stereocenters. The van der Waals surface area contributed by atoms with Crippen molar-refractivity contribution in [2.24, 2.45) is 5.92 Å². The number of thiophene rings is 1. The summed E-state index contributed by atoms with van der Waals surface area (Å²) in [5.74, 6) is 3.18. The van der Waals surface area contributed by atoms with E-state index < -0.39 is 0 Å². The molecule has 2 nitrogen and oxygen atoms in total. The van der Waals surface area contributed by atoms with E-state index in [-0.39, 0.29) is 5.60 Å². The average Bonchev–Trinajstić information content (AvgIpc) is 2.80. The van der Waals surface area contributed by atoms with Crippen LogP contribution in [0.2, 0.25) is 0 Å². The maximum Gasteiger partial charge on any atom is 0.0843 e. The Kier molecular flexibility index (Phi) is 5.77. The zero-order valence-corrected chi connectivity index (χ0v) is 17.0. The van der Waals surface area contributed by atoms with E-state index in [9.17, 15) is 0 Å². The van der Waals surface area contributed by atoms with Crippen molar-refractivity contribution in [3.05, 3.63) is 19.2 Å². The van der Waals surface area contributed by atoms with E-state index in [0.29, 0.717) is 12.0 Å². The molecule has 2 fully saturated rings. The number of hydrogen-bond acceptors (Lipinski definition) is 4. The Morgan fingerprint density at radius 1 is 1.38 bits per heavy atom. The third kappa shape index (κ3) is 3.72. The van der Waals surface area contributed by atoms with Crippen molar-refractivity contribution < 1.29 is 4.74 Å². The molecule has 0 aromatic carbocycles. The lowest BCUT2D eigenvalue weighted by Crippen LogP contribution is -2.45. The van der Waals surface area contributed by atoms with Crippen LogP contribution in [0.4, 0.5) is 0 Å². The van der Waals surface area contributed by atoms with Gasteiger partial charge in [-0.05, 0) is 88.1 Å². The fraction of sp³-hybridized carbons (Fsp3) is 0.733. The van der Waals surface area contributed by atoms with E-state index in [1.165, 1.54) is 43.9 Å². The molecule has 21 heavy (non-hydrogen) atoms. The molecule has 0 aliphatic carbocycles. The molecular formula is C15H21Br2NOS2. The van der Waals surface area contributed by atoms with Crippen molar-refractivity contribution in [1.29, 1.82) is 0 Å². The smallest absolute Gasteiger partial charge is 0.0843 e. The van der Waals surface area contributed by atoms with Crippen LogP contribution in [-0.4, -0.2) is 30.8 Å². The molecule has 3 heterocycles. The molecule has 0 amide bonds. The first kappa shape index (κ1) is 16.8. The number of hydrogen-bond donors (Lipinski definition) is 1. The summed E-state index contributed by atoms with van der Waals surface area (Å²) >= 11 is 11.2. The summed E-state index contributed by atoms with van der Waals surface area (Å²) in [5, 5.41) is 3.56. The van der Waals surface area contributed by atoms with Crippen molar-refractivity contribution in [1.82, 2.24) is 5.32 Å². The topological polar surface area (TPSA) is 21.3 Å². The van der Waals surface area contributed by atoms with Crippen LogP contribution in [0.3, 0.4) is 0 Å². The minimum atomic E-state index is 0.162. The molecular weight excluding hydrogens is 434 g/mol. The van der Waals surface area contributed by atoms with Gasteiger partial charge in [-0.3, -0.25) is 0 Å². The van der Waals surface area contributed by atoms with E-state index in [1.54, 1.807) is 0 Å². The molecule has 3 rings (SSSR count). The molecule has 0 saturated carbocycles. The molecule has 118 valence electrons. The van der Waals surface area contributed by atoms with Crippen molar-refractivity contribution in [2.45, 2.75) is 37.3 Å². The Morgan fingerprint density at radius 3 is 2.76 bits per heavy atom. The molecule has 0 radical (unpaired) electrons. The van der Waals surface area contributed by atoms with Crippen molar-refractivity contribution in [3.63, 3.8) is 0 Å². The first-order valence-corrected chi connectivity index (χ1v) is 11.0. The predicted octanol–water partition coefficient (Wildman–Crippen LogP) is 5.23. The summed E-state index contributed by atoms with van der Waals surface area (Å²) < 4.78 is 8.59. The molecule has 2 saturated heterocycles. The number of rotatable bonds is 3. The Labute approximate surface area is 152 Å². The van der Waals surface area contributed by atoms with Crippen LogP contribution in [0, 0.1) is 5.92 Å². The molecule has 6 heteroatoms. The normalized spacial score (nSPS) is 26.9. The summed E-state index contributed by atoms with van der Waals surface area (Å²) in [7, 11) is 2.09. The largest absolute Gasteiger partial charge is 0.375 e. The van der Waals surface area contributed by atoms with E-state index in [1.807, 2.05) is 11.3 Å². The summed E-state index contributed by atoms with van der Waals surface area (Å²) in [6.07, 6.45) is 4.81. The lowest BCUT2D eigenvalue weighted by molar-refractivity contribution is -0.107. The van der Waals surface area contributed by atoms with Crippen LogP contribution in [0.5, 0.6) is 0 Å². The Morgan fingerprint density at radius 2 is 2.14 bits per heavy atom. The first-order chi connectivity index (χ1) is 10.1. The lowest BCUT2D eigenvalue weighted by atomic mass is 9.78. The lowest BCUT2D eigenvalue weighted by Gasteiger charge is -2.45. The average molecular weight is 455 g/mol. The molecule has 0 bridgehead atoms. The first-order valence-electron chi connectivity index (χ1n) is 7.47. The molecule has 1 aromatic rings. The van der Waals surface area contributed by atoms with Crippen molar-refractivity contribution in [2.75, 3.05) is 25.2 Å². The highest BCUT2D eigenvalue weighted by atomic mass is 79.9. The van der Waals surface area contributed by atoms with Crippen molar-refractivity contribution in [3.8, 4) is 0 Å². The summed E-state index contributed by atoms with van der Waals surface area (Å²) in [6.45, 7) is 0.918. The fourth-order valence-corrected chi connectivity index (χ4v) is 7.10. The second-order valence-corrected chi connectivity index (χ2v) is 10.4. The minimum absolute atomic E-state index is 0.162. The monoisotopic (exact) mass is 453 g/mol. The predicted molar refractivity (Wildman–Crippen MR) is 99.5 cm³/mol. The Balaban J connectivity index is 1.77. The summed E-state index contributed by atoms with van der Waals surface area (Å²) in [5.41, 5.74) is 0.162. The van der Waals surface area contributed by atoms with E-state index >= 15 is 0 Å². The van der Waals surface area contributed by atoms with Crippen LogP contribution in [0.25, 0.3) is 0 Å². The van der Waals surface area contributed by atoms with E-state index in [0.717, 1.165) is 13.0 Å². The Hall–Kier alpha value is 0.930. The van der Waals surface area contributed by atoms with Gasteiger partial charge in [0, 0.05) is 22.0 Å². The molecule has 2 unspecified atom stereocenters. The number of ether oxygens (including phenoxy) is 1. The standard InChI is InChI=1S/C15H21Br2NOS2/c1-18-13(12-8-11(16)14(17)21-12)10-2-5-19-15(9-10)3-6-20-7-4-15/h8,10,13,18H,2-7,9H2,1H3. The van der Waals surface area contributed by atoms with Gasteiger partial charge in [0.1, 0.15) is 0 Å². The number of nitrogens with one attached hydrogen (secondary N) is 1. The maximum atomic E-state index is 6.24. The van der Waals surface area contributed by atoms with Crippen LogP contribution >= 0.6 is 55.0 Å². The fourth-order valence-electron chi connectivity index (χ4n) is 3.57. The highest BCUT2D eigenvalue weighted by Gasteiger charge is 2.41. The number of halogens is 2. The zero-order chi connectivity index (χ0) is 14.9. The maximum absolute atomic E-state index is 6.24. The van der Waals surface area contributed by atoms with Gasteiger partial charge >= 0.3 is 0 Å². The van der Waals surface area contributed by atoms with Gasteiger partial charge in [0.05, 0.1) is 9.39 Å². The molecule has 1 spiro atoms. The van der Waals surface area contributed by atoms with Crippen LogP contribution < -0.4 is 5.32 Å². The van der Waals surface area contributed by atoms with Gasteiger partial charge in [0.25, 0.3) is 0 Å². The Bertz CT molecular complexity index is 463. The van der Waals surface area contributed by atoms with Crippen LogP contribution in [0.15, 0.2) is 14.3 Å². The van der Waals surface area contributed by atoms with Crippen LogP contribution in [0.1, 0.15) is 36.6 Å². The molecule has 1 N–H and O–H groups in total. The van der Waals surface area contributed by atoms with Gasteiger partial charge in [0.15, 0.2) is 0 Å². The van der Waals surface area contributed by atoms with Gasteiger partial charge in [-0.1, -0.05) is 0 Å². The van der Waals surface area contributed by atoms with Crippen LogP contribution in [-0.2, 0) is 4.74 Å². The van der Waals surface area contributed by atoms with Gasteiger partial charge < -0.3 is 10.1 Å². The molecule has 2 aliphatic heterocycles. The van der Waals surface area contributed by atoms with Gasteiger partial charge in [-0.15, -0.1) is 11.3 Å².